The molecule has 7 heavy (non-hydrogen) atoms. The summed E-state index contributed by atoms with van der Waals surface area (Å²) in [4.78, 5) is 0. The van der Waals surface area contributed by atoms with E-state index in [0.717, 1.165) is 5.92 Å². The predicted octanol–water partition coefficient (Wildman–Crippen LogP) is 2.17. The molecule has 0 radical (unpaired) electrons. The van der Waals surface area contributed by atoms with Crippen LogP contribution in [-0.4, -0.2) is 0 Å². The molecule has 0 amide bonds. The number of rotatable bonds is 1. The van der Waals surface area contributed by atoms with Crippen LogP contribution in [0.4, 0.5) is 0 Å². The average Bonchev–Trinajstić information content (AvgIpc) is 2.12. The maximum absolute atomic E-state index is 3.62. The summed E-state index contributed by atoms with van der Waals surface area (Å²) in [6.45, 7) is 3.62. The van der Waals surface area contributed by atoms with Crippen LogP contribution in [0.5, 0.6) is 0 Å². The smallest absolute Gasteiger partial charge is 0.0236 e. The summed E-state index contributed by atoms with van der Waals surface area (Å²) < 4.78 is 0. The zero-order chi connectivity index (χ0) is 3.70. The van der Waals surface area contributed by atoms with E-state index in [4.69, 9.17) is 0 Å². The van der Waals surface area contributed by atoms with Gasteiger partial charge in [-0.2, -0.15) is 0 Å². The summed E-state index contributed by atoms with van der Waals surface area (Å²) in [5, 5.41) is 0. The third-order valence-electron chi connectivity index (χ3n) is 0.955. The number of hydrogen-bond donors (Lipinski definition) is 1. The van der Waals surface area contributed by atoms with Crippen LogP contribution in [0.2, 0.25) is 0 Å². The van der Waals surface area contributed by atoms with Crippen molar-refractivity contribution in [3.05, 3.63) is 12.7 Å². The van der Waals surface area contributed by atoms with Gasteiger partial charge in [0.1, 0.15) is 0 Å². The average molecular weight is 122 g/mol. The zero-order valence-electron chi connectivity index (χ0n) is 4.39. The van der Waals surface area contributed by atoms with E-state index in [0.29, 0.717) is 0 Å². The fourth-order valence-corrected chi connectivity index (χ4v) is 0.332. The van der Waals surface area contributed by atoms with Crippen LogP contribution < -0.4 is 6.15 Å². The van der Waals surface area contributed by atoms with E-state index in [1.807, 2.05) is 6.08 Å². The van der Waals surface area contributed by atoms with Crippen molar-refractivity contribution < 1.29 is 0 Å². The Morgan fingerprint density at radius 3 is 1.86 bits per heavy atom. The van der Waals surface area contributed by atoms with E-state index in [2.05, 4.69) is 6.58 Å². The first-order valence-electron chi connectivity index (χ1n) is 2.06. The molecule has 0 bridgehead atoms. The summed E-state index contributed by atoms with van der Waals surface area (Å²) in [6.07, 6.45) is 4.81. The number of allylic oxidation sites excluding steroid dienone is 1. The molecule has 0 aromatic heterocycles. The normalized spacial score (nSPS) is 16.0. The topological polar surface area (TPSA) is 35.0 Å². The van der Waals surface area contributed by atoms with Gasteiger partial charge in [-0.15, -0.1) is 19.0 Å². The zero-order valence-corrected chi connectivity index (χ0v) is 5.21. The molecule has 0 saturated heterocycles. The van der Waals surface area contributed by atoms with Crippen molar-refractivity contribution in [2.75, 3.05) is 0 Å². The third-order valence-corrected chi connectivity index (χ3v) is 0.955. The third kappa shape index (κ3) is 3.83. The molecule has 0 spiro atoms. The minimum Gasteiger partial charge on any atom is -0.344 e. The number of halogens is 1. The first-order valence-corrected chi connectivity index (χ1v) is 2.06. The van der Waals surface area contributed by atoms with Gasteiger partial charge in [0.2, 0.25) is 0 Å². The summed E-state index contributed by atoms with van der Waals surface area (Å²) in [7, 11) is 0. The van der Waals surface area contributed by atoms with Gasteiger partial charge in [0, 0.05) is 0 Å². The molecule has 0 aromatic carbocycles. The van der Waals surface area contributed by atoms with Crippen molar-refractivity contribution in [1.82, 2.24) is 6.15 Å². The van der Waals surface area contributed by atoms with Crippen LogP contribution in [0, 0.1) is 5.92 Å². The second kappa shape index (κ2) is 4.16. The first kappa shape index (κ1) is 10.1. The van der Waals surface area contributed by atoms with Crippen LogP contribution in [0.3, 0.4) is 0 Å². The van der Waals surface area contributed by atoms with Crippen molar-refractivity contribution in [2.45, 2.75) is 12.8 Å². The van der Waals surface area contributed by atoms with Crippen LogP contribution in [-0.2, 0) is 0 Å². The molecule has 0 aromatic rings. The SMILES string of the molecule is C=CC1CC1.Cl.N. The van der Waals surface area contributed by atoms with Crippen LogP contribution in [0.25, 0.3) is 0 Å². The highest BCUT2D eigenvalue weighted by atomic mass is 35.5. The van der Waals surface area contributed by atoms with Crippen molar-refractivity contribution in [2.24, 2.45) is 5.92 Å². The van der Waals surface area contributed by atoms with Crippen molar-refractivity contribution in [3.63, 3.8) is 0 Å². The molecule has 44 valence electrons. The molecule has 0 unspecified atom stereocenters. The summed E-state index contributed by atoms with van der Waals surface area (Å²) in [5.74, 6) is 0.898. The maximum atomic E-state index is 3.62. The van der Waals surface area contributed by atoms with E-state index < -0.39 is 0 Å². The van der Waals surface area contributed by atoms with E-state index in [1.165, 1.54) is 12.8 Å². The molecule has 0 atom stereocenters. The molecule has 0 heterocycles. The highest BCUT2D eigenvalue weighted by molar-refractivity contribution is 5.85. The van der Waals surface area contributed by atoms with Gasteiger partial charge < -0.3 is 6.15 Å². The van der Waals surface area contributed by atoms with E-state index >= 15 is 0 Å². The molecular formula is C5H12ClN. The molecule has 1 aliphatic rings. The Bertz CT molecular complexity index is 50.0. The van der Waals surface area contributed by atoms with Crippen LogP contribution in [0.1, 0.15) is 12.8 Å². The Kier molecular flexibility index (Phi) is 5.98. The summed E-state index contributed by atoms with van der Waals surface area (Å²) >= 11 is 0. The first-order chi connectivity index (χ1) is 2.43. The Labute approximate surface area is 50.8 Å². The summed E-state index contributed by atoms with van der Waals surface area (Å²) in [5.41, 5.74) is 0. The predicted molar refractivity (Wildman–Crippen MR) is 35.2 cm³/mol. The fourth-order valence-electron chi connectivity index (χ4n) is 0.332. The molecule has 1 aliphatic carbocycles. The summed E-state index contributed by atoms with van der Waals surface area (Å²) in [6, 6.07) is 0. The largest absolute Gasteiger partial charge is 0.344 e. The Hall–Kier alpha value is -0.0100. The molecule has 3 N–H and O–H groups in total. The van der Waals surface area contributed by atoms with Gasteiger partial charge in [-0.05, 0) is 18.8 Å². The van der Waals surface area contributed by atoms with E-state index in [-0.39, 0.29) is 18.6 Å². The van der Waals surface area contributed by atoms with E-state index in [1.54, 1.807) is 0 Å². The molecule has 2 heteroatoms. The van der Waals surface area contributed by atoms with Crippen LogP contribution in [0.15, 0.2) is 12.7 Å². The highest BCUT2D eigenvalue weighted by Crippen LogP contribution is 2.28. The monoisotopic (exact) mass is 121 g/mol. The minimum atomic E-state index is 0. The molecule has 1 nitrogen and oxygen atoms in total. The molecule has 1 saturated carbocycles. The lowest BCUT2D eigenvalue weighted by molar-refractivity contribution is 1.13. The van der Waals surface area contributed by atoms with Gasteiger partial charge in [-0.3, -0.25) is 0 Å². The molecule has 0 aliphatic heterocycles. The van der Waals surface area contributed by atoms with Gasteiger partial charge in [-0.25, -0.2) is 0 Å². The Morgan fingerprint density at radius 2 is 1.86 bits per heavy atom. The standard InChI is InChI=1S/C5H8.ClH.H3N/c1-2-5-3-4-5;;/h2,5H,1,3-4H2;1H;1H3. The van der Waals surface area contributed by atoms with Gasteiger partial charge in [0.25, 0.3) is 0 Å². The lowest BCUT2D eigenvalue weighted by atomic mass is 10.4. The van der Waals surface area contributed by atoms with Gasteiger partial charge in [-0.1, -0.05) is 6.08 Å². The molecule has 1 fully saturated rings. The van der Waals surface area contributed by atoms with Crippen molar-refractivity contribution >= 4 is 12.4 Å². The molecule has 1 rings (SSSR count). The van der Waals surface area contributed by atoms with E-state index in [9.17, 15) is 0 Å². The second-order valence-electron chi connectivity index (χ2n) is 1.57. The lowest BCUT2D eigenvalue weighted by Crippen LogP contribution is -1.50. The Morgan fingerprint density at radius 1 is 1.43 bits per heavy atom. The van der Waals surface area contributed by atoms with Crippen molar-refractivity contribution in [1.29, 1.82) is 0 Å². The minimum absolute atomic E-state index is 0. The molecular weight excluding hydrogens is 110 g/mol. The fraction of sp³-hybridized carbons (Fsp3) is 0.600. The number of hydrogen-bond acceptors (Lipinski definition) is 1. The quantitative estimate of drug-likeness (QED) is 0.531. The van der Waals surface area contributed by atoms with Gasteiger partial charge >= 0.3 is 0 Å². The second-order valence-corrected chi connectivity index (χ2v) is 1.57. The lowest BCUT2D eigenvalue weighted by Gasteiger charge is -1.63. The van der Waals surface area contributed by atoms with Crippen molar-refractivity contribution in [3.8, 4) is 0 Å². The Balaban J connectivity index is 0. The van der Waals surface area contributed by atoms with Gasteiger partial charge in [0.15, 0.2) is 0 Å². The maximum Gasteiger partial charge on any atom is -0.0236 e. The highest BCUT2D eigenvalue weighted by Gasteiger charge is 2.15. The van der Waals surface area contributed by atoms with Crippen LogP contribution >= 0.6 is 12.4 Å². The van der Waals surface area contributed by atoms with Gasteiger partial charge in [0.05, 0.1) is 0 Å².